The van der Waals surface area contributed by atoms with E-state index in [1.54, 1.807) is 28.6 Å². The van der Waals surface area contributed by atoms with Crippen LogP contribution in [0.3, 0.4) is 0 Å². The number of halogens is 3. The number of benzene rings is 1. The fourth-order valence-electron chi connectivity index (χ4n) is 3.41. The number of aliphatic hydroxyl groups excluding tert-OH is 1. The van der Waals surface area contributed by atoms with Crippen molar-refractivity contribution < 1.29 is 27.3 Å². The Kier molecular flexibility index (Phi) is 5.63. The molecule has 0 aliphatic carbocycles. The van der Waals surface area contributed by atoms with E-state index in [4.69, 9.17) is 5.11 Å². The molecule has 0 unspecified atom stereocenters. The zero-order chi connectivity index (χ0) is 23.3. The summed E-state index contributed by atoms with van der Waals surface area (Å²) in [5.41, 5.74) is 0.256. The highest BCUT2D eigenvalue weighted by Crippen LogP contribution is 2.38. The highest BCUT2D eigenvalue weighted by atomic mass is 32.2. The van der Waals surface area contributed by atoms with Gasteiger partial charge in [0.25, 0.3) is 5.91 Å². The Balaban J connectivity index is 1.84. The predicted molar refractivity (Wildman–Crippen MR) is 118 cm³/mol. The second kappa shape index (κ2) is 8.01. The fourth-order valence-corrected chi connectivity index (χ4v) is 5.75. The third-order valence-electron chi connectivity index (χ3n) is 4.85. The van der Waals surface area contributed by atoms with E-state index in [1.165, 1.54) is 18.4 Å². The molecule has 12 heteroatoms. The molecule has 0 aliphatic rings. The van der Waals surface area contributed by atoms with Gasteiger partial charge in [0.2, 0.25) is 0 Å². The molecule has 4 rings (SSSR count). The van der Waals surface area contributed by atoms with Crippen LogP contribution in [0.25, 0.3) is 26.9 Å². The SMILES string of the molecule is Cn1cc2c3cc(C(=O)N=[S@](C)(=O)CCCO)sc3n(-c3ccc(C(F)(F)F)cc3)c2n1. The summed E-state index contributed by atoms with van der Waals surface area (Å²) >= 11 is 1.11. The lowest BCUT2D eigenvalue weighted by molar-refractivity contribution is -0.137. The number of amides is 1. The van der Waals surface area contributed by atoms with Gasteiger partial charge in [-0.25, -0.2) is 4.21 Å². The molecule has 0 bridgehead atoms. The lowest BCUT2D eigenvalue weighted by atomic mass is 10.2. The zero-order valence-electron chi connectivity index (χ0n) is 17.1. The number of aliphatic hydroxyl groups is 1. The van der Waals surface area contributed by atoms with Crippen molar-refractivity contribution in [1.82, 2.24) is 14.3 Å². The molecule has 1 atom stereocenters. The van der Waals surface area contributed by atoms with Gasteiger partial charge in [0, 0.05) is 48.3 Å². The molecule has 0 saturated carbocycles. The average Bonchev–Trinajstić information content (AvgIpc) is 3.36. The molecule has 1 aromatic carbocycles. The number of carbonyl (C=O) groups excluding carboxylic acids is 1. The summed E-state index contributed by atoms with van der Waals surface area (Å²) < 4.78 is 58.5. The summed E-state index contributed by atoms with van der Waals surface area (Å²) in [6, 6.07) is 6.35. The van der Waals surface area contributed by atoms with E-state index in [0.717, 1.165) is 28.9 Å². The molecule has 7 nitrogen and oxygen atoms in total. The van der Waals surface area contributed by atoms with Gasteiger partial charge in [-0.1, -0.05) is 0 Å². The molecular weight excluding hydrogens is 465 g/mol. The number of fused-ring (bicyclic) bond motifs is 3. The zero-order valence-corrected chi connectivity index (χ0v) is 18.7. The third kappa shape index (κ3) is 4.17. The van der Waals surface area contributed by atoms with Gasteiger partial charge in [-0.2, -0.15) is 22.6 Å². The van der Waals surface area contributed by atoms with Crippen molar-refractivity contribution in [2.75, 3.05) is 18.6 Å². The van der Waals surface area contributed by atoms with Gasteiger partial charge in [0.1, 0.15) is 4.83 Å². The largest absolute Gasteiger partial charge is 0.416 e. The van der Waals surface area contributed by atoms with Crippen molar-refractivity contribution in [3.8, 4) is 5.69 Å². The Hall–Kier alpha value is -2.70. The van der Waals surface area contributed by atoms with Crippen LogP contribution in [-0.4, -0.2) is 48.2 Å². The van der Waals surface area contributed by atoms with Crippen LogP contribution in [0.1, 0.15) is 21.7 Å². The second-order valence-corrected chi connectivity index (χ2v) is 10.9. The fraction of sp³-hybridized carbons (Fsp3) is 0.300. The van der Waals surface area contributed by atoms with E-state index in [9.17, 15) is 22.2 Å². The lowest BCUT2D eigenvalue weighted by Crippen LogP contribution is -2.08. The molecule has 32 heavy (non-hydrogen) atoms. The molecule has 0 spiro atoms. The van der Waals surface area contributed by atoms with Crippen LogP contribution in [0, 0.1) is 0 Å². The molecule has 3 heterocycles. The molecule has 0 fully saturated rings. The van der Waals surface area contributed by atoms with E-state index < -0.39 is 27.4 Å². The maximum atomic E-state index is 13.0. The van der Waals surface area contributed by atoms with Crippen LogP contribution in [-0.2, 0) is 23.0 Å². The summed E-state index contributed by atoms with van der Waals surface area (Å²) in [7, 11) is -1.06. The number of aromatic nitrogens is 3. The van der Waals surface area contributed by atoms with Gasteiger partial charge in [0.15, 0.2) is 5.65 Å². The molecule has 1 N–H and O–H groups in total. The number of nitrogens with zero attached hydrogens (tertiary/aromatic N) is 4. The van der Waals surface area contributed by atoms with Crippen molar-refractivity contribution in [1.29, 1.82) is 0 Å². The summed E-state index contributed by atoms with van der Waals surface area (Å²) in [5, 5.41) is 14.8. The van der Waals surface area contributed by atoms with Gasteiger partial charge in [-0.05, 0) is 36.8 Å². The molecule has 0 radical (unpaired) electrons. The average molecular weight is 485 g/mol. The van der Waals surface area contributed by atoms with Gasteiger partial charge in [-0.15, -0.1) is 11.3 Å². The van der Waals surface area contributed by atoms with Crippen LogP contribution < -0.4 is 0 Å². The van der Waals surface area contributed by atoms with Crippen molar-refractivity contribution in [3.05, 3.63) is 47.0 Å². The predicted octanol–water partition coefficient (Wildman–Crippen LogP) is 4.22. The van der Waals surface area contributed by atoms with E-state index in [0.29, 0.717) is 21.6 Å². The van der Waals surface area contributed by atoms with Crippen molar-refractivity contribution >= 4 is 48.2 Å². The van der Waals surface area contributed by atoms with Crippen molar-refractivity contribution in [2.45, 2.75) is 12.6 Å². The second-order valence-electron chi connectivity index (χ2n) is 7.39. The summed E-state index contributed by atoms with van der Waals surface area (Å²) in [6.07, 6.45) is -1.04. The van der Waals surface area contributed by atoms with Crippen LogP contribution in [0.4, 0.5) is 13.2 Å². The monoisotopic (exact) mass is 484 g/mol. The first-order valence-corrected chi connectivity index (χ1v) is 12.4. The van der Waals surface area contributed by atoms with Gasteiger partial charge in [-0.3, -0.25) is 14.0 Å². The minimum absolute atomic E-state index is 0.102. The number of hydrogen-bond donors (Lipinski definition) is 1. The summed E-state index contributed by atoms with van der Waals surface area (Å²) in [6.45, 7) is -0.145. The molecule has 1 amide bonds. The lowest BCUT2D eigenvalue weighted by Gasteiger charge is -2.09. The Morgan fingerprint density at radius 2 is 1.94 bits per heavy atom. The van der Waals surface area contributed by atoms with Crippen LogP contribution in [0.5, 0.6) is 0 Å². The van der Waals surface area contributed by atoms with Crippen molar-refractivity contribution in [2.24, 2.45) is 11.4 Å². The first kappa shape index (κ1) is 22.5. The maximum Gasteiger partial charge on any atom is 0.416 e. The quantitative estimate of drug-likeness (QED) is 0.459. The Labute approximate surface area is 185 Å². The van der Waals surface area contributed by atoms with E-state index >= 15 is 0 Å². The topological polar surface area (TPSA) is 89.5 Å². The first-order valence-electron chi connectivity index (χ1n) is 9.50. The van der Waals surface area contributed by atoms with Crippen molar-refractivity contribution in [3.63, 3.8) is 0 Å². The van der Waals surface area contributed by atoms with E-state index in [-0.39, 0.29) is 23.7 Å². The number of thiophene rings is 1. The minimum Gasteiger partial charge on any atom is -0.396 e. The molecule has 170 valence electrons. The summed E-state index contributed by atoms with van der Waals surface area (Å²) in [5.74, 6) is -0.530. The van der Waals surface area contributed by atoms with E-state index in [1.807, 2.05) is 0 Å². The first-order chi connectivity index (χ1) is 15.0. The molecule has 4 aromatic rings. The number of rotatable bonds is 5. The number of hydrogen-bond acceptors (Lipinski definition) is 5. The molecule has 0 aliphatic heterocycles. The third-order valence-corrected chi connectivity index (χ3v) is 7.55. The molecule has 3 aromatic heterocycles. The Bertz CT molecular complexity index is 1440. The molecule has 0 saturated heterocycles. The normalized spacial score (nSPS) is 14.2. The Morgan fingerprint density at radius 1 is 1.25 bits per heavy atom. The number of aryl methyl sites for hydroxylation is 1. The van der Waals surface area contributed by atoms with Crippen LogP contribution in [0.2, 0.25) is 0 Å². The highest BCUT2D eigenvalue weighted by Gasteiger charge is 2.30. The number of alkyl halides is 3. The van der Waals surface area contributed by atoms with Crippen LogP contribution >= 0.6 is 11.3 Å². The van der Waals surface area contributed by atoms with Gasteiger partial charge in [0.05, 0.1) is 20.2 Å². The molecular formula is C20H19F3N4O3S2. The van der Waals surface area contributed by atoms with Gasteiger partial charge >= 0.3 is 6.18 Å². The summed E-state index contributed by atoms with van der Waals surface area (Å²) in [4.78, 5) is 13.6. The highest BCUT2D eigenvalue weighted by molar-refractivity contribution is 7.93. The van der Waals surface area contributed by atoms with Crippen LogP contribution in [0.15, 0.2) is 40.9 Å². The van der Waals surface area contributed by atoms with Gasteiger partial charge < -0.3 is 5.11 Å². The van der Waals surface area contributed by atoms with E-state index in [2.05, 4.69) is 9.46 Å². The minimum atomic E-state index is -4.45. The maximum absolute atomic E-state index is 13.0. The smallest absolute Gasteiger partial charge is 0.396 e. The Morgan fingerprint density at radius 3 is 2.56 bits per heavy atom. The standard InChI is InChI=1S/C20H19F3N4O3S2/c1-26-11-15-14-10-16(18(29)25-32(2,30)9-3-8-28)31-19(14)27(17(15)24-26)13-6-4-12(5-7-13)20(21,22)23/h4-7,10-11,28H,3,8-9H2,1-2H3/t32-/m1/s1. The number of carbonyl (C=O) groups is 1.